The molecule has 0 aliphatic heterocycles. The van der Waals surface area contributed by atoms with E-state index in [4.69, 9.17) is 5.11 Å². The van der Waals surface area contributed by atoms with Crippen LogP contribution in [0.4, 0.5) is 0 Å². The van der Waals surface area contributed by atoms with Gasteiger partial charge in [0.2, 0.25) is 0 Å². The Bertz CT molecular complexity index is 451. The number of aromatic nitrogens is 1. The van der Waals surface area contributed by atoms with E-state index >= 15 is 0 Å². The number of nitrogens with zero attached hydrogens (tertiary/aromatic N) is 1. The second kappa shape index (κ2) is 3.76. The fourth-order valence-electron chi connectivity index (χ4n) is 1.58. The van der Waals surface area contributed by atoms with Crippen molar-refractivity contribution in [3.05, 3.63) is 41.6 Å². The summed E-state index contributed by atoms with van der Waals surface area (Å²) in [6, 6.07) is 8.22. The topological polar surface area (TPSA) is 33.1 Å². The first kappa shape index (κ1) is 9.16. The van der Waals surface area contributed by atoms with Crippen LogP contribution in [0.5, 0.6) is 0 Å². The molecule has 0 spiro atoms. The Hall–Kier alpha value is -1.41. The van der Waals surface area contributed by atoms with Gasteiger partial charge in [-0.2, -0.15) is 0 Å². The maximum atomic E-state index is 8.83. The summed E-state index contributed by atoms with van der Waals surface area (Å²) in [6.45, 7) is 2.23. The third-order valence-electron chi connectivity index (χ3n) is 2.28. The number of aliphatic hydroxyl groups is 1. The number of benzene rings is 1. The summed E-state index contributed by atoms with van der Waals surface area (Å²) in [4.78, 5) is 4.32. The Balaban J connectivity index is 2.52. The fourth-order valence-corrected chi connectivity index (χ4v) is 1.58. The molecule has 1 N–H and O–H groups in total. The minimum Gasteiger partial charge on any atom is -0.396 e. The first-order chi connectivity index (χ1) is 6.79. The van der Waals surface area contributed by atoms with Crippen LogP contribution >= 0.6 is 0 Å². The van der Waals surface area contributed by atoms with Crippen LogP contribution in [0.1, 0.15) is 11.1 Å². The highest BCUT2D eigenvalue weighted by atomic mass is 16.2. The van der Waals surface area contributed by atoms with Gasteiger partial charge in [0.05, 0.1) is 5.52 Å². The predicted molar refractivity (Wildman–Crippen MR) is 57.3 cm³/mol. The van der Waals surface area contributed by atoms with E-state index in [1.165, 1.54) is 5.56 Å². The lowest BCUT2D eigenvalue weighted by atomic mass is 10.1. The molecule has 2 aromatic rings. The standard InChI is InChI=1S/C12H13NO/c1-9-6-11-7-10(4-5-14)2-3-12(11)13-8-9/h2-3,6-8,14H,4-5H2,1H3. The van der Waals surface area contributed by atoms with Crippen LogP contribution in [-0.4, -0.2) is 16.7 Å². The first-order valence-corrected chi connectivity index (χ1v) is 4.76. The smallest absolute Gasteiger partial charge is 0.0702 e. The number of hydrogen-bond donors (Lipinski definition) is 1. The summed E-state index contributed by atoms with van der Waals surface area (Å²) in [5.41, 5.74) is 3.34. The van der Waals surface area contributed by atoms with Gasteiger partial charge >= 0.3 is 0 Å². The quantitative estimate of drug-likeness (QED) is 0.780. The van der Waals surface area contributed by atoms with E-state index in [-0.39, 0.29) is 6.61 Å². The highest BCUT2D eigenvalue weighted by molar-refractivity contribution is 5.79. The van der Waals surface area contributed by atoms with Crippen LogP contribution < -0.4 is 0 Å². The van der Waals surface area contributed by atoms with E-state index in [0.29, 0.717) is 6.42 Å². The van der Waals surface area contributed by atoms with Crippen molar-refractivity contribution in [2.75, 3.05) is 6.61 Å². The fraction of sp³-hybridized carbons (Fsp3) is 0.250. The second-order valence-corrected chi connectivity index (χ2v) is 3.51. The number of fused-ring (bicyclic) bond motifs is 1. The van der Waals surface area contributed by atoms with Crippen molar-refractivity contribution in [1.29, 1.82) is 0 Å². The molecule has 0 atom stereocenters. The van der Waals surface area contributed by atoms with E-state index < -0.39 is 0 Å². The monoisotopic (exact) mass is 187 g/mol. The molecular formula is C12H13NO. The molecule has 1 aromatic carbocycles. The van der Waals surface area contributed by atoms with E-state index in [9.17, 15) is 0 Å². The minimum absolute atomic E-state index is 0.199. The first-order valence-electron chi connectivity index (χ1n) is 4.76. The van der Waals surface area contributed by atoms with Crippen molar-refractivity contribution in [1.82, 2.24) is 4.98 Å². The van der Waals surface area contributed by atoms with E-state index in [1.807, 2.05) is 25.3 Å². The lowest BCUT2D eigenvalue weighted by Crippen LogP contribution is -1.90. The molecule has 0 saturated heterocycles. The zero-order valence-corrected chi connectivity index (χ0v) is 8.20. The van der Waals surface area contributed by atoms with Crippen LogP contribution in [0.3, 0.4) is 0 Å². The Labute approximate surface area is 83.2 Å². The summed E-state index contributed by atoms with van der Waals surface area (Å²) in [6.07, 6.45) is 2.58. The van der Waals surface area contributed by atoms with Gasteiger partial charge in [0, 0.05) is 18.2 Å². The highest BCUT2D eigenvalue weighted by Crippen LogP contribution is 2.15. The molecule has 2 heteroatoms. The van der Waals surface area contributed by atoms with Gasteiger partial charge in [0.15, 0.2) is 0 Å². The third-order valence-corrected chi connectivity index (χ3v) is 2.28. The Morgan fingerprint density at radius 3 is 2.93 bits per heavy atom. The van der Waals surface area contributed by atoms with Gasteiger partial charge in [-0.15, -0.1) is 0 Å². The summed E-state index contributed by atoms with van der Waals surface area (Å²) in [7, 11) is 0. The molecule has 0 bridgehead atoms. The Morgan fingerprint density at radius 2 is 2.14 bits per heavy atom. The molecule has 2 rings (SSSR count). The zero-order chi connectivity index (χ0) is 9.97. The van der Waals surface area contributed by atoms with Gasteiger partial charge in [-0.25, -0.2) is 0 Å². The highest BCUT2D eigenvalue weighted by Gasteiger charge is 1.97. The van der Waals surface area contributed by atoms with Crippen LogP contribution in [0.15, 0.2) is 30.5 Å². The average molecular weight is 187 g/mol. The molecule has 0 unspecified atom stereocenters. The minimum atomic E-state index is 0.199. The molecule has 0 fully saturated rings. The largest absolute Gasteiger partial charge is 0.396 e. The van der Waals surface area contributed by atoms with Gasteiger partial charge in [0.25, 0.3) is 0 Å². The predicted octanol–water partition coefficient (Wildman–Crippen LogP) is 2.08. The van der Waals surface area contributed by atoms with Crippen LogP contribution in [0.25, 0.3) is 10.9 Å². The lowest BCUT2D eigenvalue weighted by molar-refractivity contribution is 0.299. The van der Waals surface area contributed by atoms with Crippen LogP contribution in [-0.2, 0) is 6.42 Å². The van der Waals surface area contributed by atoms with Gasteiger partial charge in [-0.3, -0.25) is 4.98 Å². The summed E-state index contributed by atoms with van der Waals surface area (Å²) < 4.78 is 0. The second-order valence-electron chi connectivity index (χ2n) is 3.51. The van der Waals surface area contributed by atoms with Gasteiger partial charge in [0.1, 0.15) is 0 Å². The number of rotatable bonds is 2. The van der Waals surface area contributed by atoms with Gasteiger partial charge in [-0.05, 0) is 42.7 Å². The summed E-state index contributed by atoms with van der Waals surface area (Å²) >= 11 is 0. The summed E-state index contributed by atoms with van der Waals surface area (Å²) in [5, 5.41) is 9.98. The molecule has 14 heavy (non-hydrogen) atoms. The van der Waals surface area contributed by atoms with Crippen LogP contribution in [0, 0.1) is 6.92 Å². The van der Waals surface area contributed by atoms with E-state index in [2.05, 4.69) is 17.1 Å². The number of hydrogen-bond acceptors (Lipinski definition) is 2. The molecule has 1 aromatic heterocycles. The van der Waals surface area contributed by atoms with Gasteiger partial charge < -0.3 is 5.11 Å². The van der Waals surface area contributed by atoms with Crippen molar-refractivity contribution < 1.29 is 5.11 Å². The molecule has 0 saturated carbocycles. The molecule has 1 heterocycles. The Kier molecular flexibility index (Phi) is 2.46. The molecule has 72 valence electrons. The molecule has 0 radical (unpaired) electrons. The number of aryl methyl sites for hydroxylation is 1. The van der Waals surface area contributed by atoms with Crippen LogP contribution in [0.2, 0.25) is 0 Å². The zero-order valence-electron chi connectivity index (χ0n) is 8.20. The number of aliphatic hydroxyl groups excluding tert-OH is 1. The average Bonchev–Trinajstić information content (AvgIpc) is 2.17. The van der Waals surface area contributed by atoms with E-state index in [0.717, 1.165) is 16.5 Å². The Morgan fingerprint density at radius 1 is 1.29 bits per heavy atom. The molecule has 0 aliphatic carbocycles. The molecule has 0 aliphatic rings. The third kappa shape index (κ3) is 1.75. The van der Waals surface area contributed by atoms with Crippen molar-refractivity contribution in [2.24, 2.45) is 0 Å². The van der Waals surface area contributed by atoms with Crippen molar-refractivity contribution in [2.45, 2.75) is 13.3 Å². The normalized spacial score (nSPS) is 10.7. The van der Waals surface area contributed by atoms with Crippen molar-refractivity contribution >= 4 is 10.9 Å². The SMILES string of the molecule is Cc1cnc2ccc(CCO)cc2c1. The van der Waals surface area contributed by atoms with E-state index in [1.54, 1.807) is 0 Å². The lowest BCUT2D eigenvalue weighted by Gasteiger charge is -2.02. The van der Waals surface area contributed by atoms with Gasteiger partial charge in [-0.1, -0.05) is 6.07 Å². The van der Waals surface area contributed by atoms with Crippen molar-refractivity contribution in [3.8, 4) is 0 Å². The van der Waals surface area contributed by atoms with Crippen molar-refractivity contribution in [3.63, 3.8) is 0 Å². The molecular weight excluding hydrogens is 174 g/mol. The maximum absolute atomic E-state index is 8.83. The molecule has 0 amide bonds. The maximum Gasteiger partial charge on any atom is 0.0702 e. The molecule has 2 nitrogen and oxygen atoms in total. The number of pyridine rings is 1. The summed E-state index contributed by atoms with van der Waals surface area (Å²) in [5.74, 6) is 0.